The van der Waals surface area contributed by atoms with E-state index in [1.54, 1.807) is 30.3 Å². The Morgan fingerprint density at radius 3 is 1.94 bits per heavy atom. The molecule has 1 rings (SSSR count). The minimum atomic E-state index is -1.69. The van der Waals surface area contributed by atoms with E-state index in [1.165, 1.54) is 6.92 Å². The average Bonchev–Trinajstić information content (AvgIpc) is 2.72. The Morgan fingerprint density at radius 1 is 0.848 bits per heavy atom. The van der Waals surface area contributed by atoms with Crippen LogP contribution in [0.3, 0.4) is 0 Å². The van der Waals surface area contributed by atoms with Gasteiger partial charge < -0.3 is 37.6 Å². The molecule has 4 amide bonds. The largest absolute Gasteiger partial charge is 0.481 e. The summed E-state index contributed by atoms with van der Waals surface area (Å²) in [6.45, 7) is 1.26. The van der Waals surface area contributed by atoms with Crippen molar-refractivity contribution in [2.24, 2.45) is 11.5 Å². The maximum atomic E-state index is 12.8. The number of amides is 4. The van der Waals surface area contributed by atoms with Crippen molar-refractivity contribution in [1.82, 2.24) is 16.0 Å². The summed E-state index contributed by atoms with van der Waals surface area (Å²) in [5.74, 6) is -6.33. The van der Waals surface area contributed by atoms with Crippen molar-refractivity contribution in [3.63, 3.8) is 0 Å². The van der Waals surface area contributed by atoms with Gasteiger partial charge in [-0.2, -0.15) is 0 Å². The quantitative estimate of drug-likeness (QED) is 0.162. The number of carboxylic acids is 2. The summed E-state index contributed by atoms with van der Waals surface area (Å²) in [6.07, 6.45) is -1.27. The number of primary amides is 1. The number of aliphatic carboxylic acids is 2. The van der Waals surface area contributed by atoms with Crippen LogP contribution in [0.15, 0.2) is 30.3 Å². The maximum absolute atomic E-state index is 12.8. The fourth-order valence-corrected chi connectivity index (χ4v) is 2.70. The van der Waals surface area contributed by atoms with E-state index in [2.05, 4.69) is 10.6 Å². The van der Waals surface area contributed by atoms with Crippen LogP contribution in [0.2, 0.25) is 0 Å². The predicted molar refractivity (Wildman–Crippen MR) is 113 cm³/mol. The van der Waals surface area contributed by atoms with Crippen LogP contribution in [0.1, 0.15) is 25.3 Å². The van der Waals surface area contributed by atoms with Crippen LogP contribution < -0.4 is 27.4 Å². The zero-order valence-electron chi connectivity index (χ0n) is 17.8. The second kappa shape index (κ2) is 12.8. The minimum Gasteiger partial charge on any atom is -0.481 e. The number of carbonyl (C=O) groups is 6. The molecule has 0 aliphatic rings. The highest BCUT2D eigenvalue weighted by Gasteiger charge is 2.29. The molecule has 1 aromatic rings. The van der Waals surface area contributed by atoms with E-state index in [0.29, 0.717) is 5.56 Å². The van der Waals surface area contributed by atoms with E-state index >= 15 is 0 Å². The van der Waals surface area contributed by atoms with Crippen molar-refractivity contribution in [2.75, 3.05) is 0 Å². The Hall–Kier alpha value is -4.00. The summed E-state index contributed by atoms with van der Waals surface area (Å²) in [6, 6.07) is 3.16. The maximum Gasteiger partial charge on any atom is 0.326 e. The molecule has 33 heavy (non-hydrogen) atoms. The Kier molecular flexibility index (Phi) is 10.5. The molecule has 0 saturated carbocycles. The van der Waals surface area contributed by atoms with E-state index in [1.807, 2.05) is 5.32 Å². The highest BCUT2D eigenvalue weighted by Crippen LogP contribution is 2.05. The molecule has 13 heteroatoms. The molecule has 0 aliphatic carbocycles. The number of nitrogens with two attached hydrogens (primary N) is 2. The van der Waals surface area contributed by atoms with Gasteiger partial charge in [-0.3, -0.25) is 24.0 Å². The number of hydrogen-bond donors (Lipinski definition) is 7. The number of carboxylic acid groups (broad SMARTS) is 2. The summed E-state index contributed by atoms with van der Waals surface area (Å²) in [4.78, 5) is 70.3. The van der Waals surface area contributed by atoms with Crippen molar-refractivity contribution in [1.29, 1.82) is 0 Å². The topological polar surface area (TPSA) is 231 Å². The SMILES string of the molecule is CC(NC(=O)C(Cc1ccccc1)NC(=O)C(N)CC(N)=O)C(=O)NC(CC(=O)O)C(=O)O. The van der Waals surface area contributed by atoms with E-state index in [9.17, 15) is 28.8 Å². The predicted octanol–water partition coefficient (Wildman–Crippen LogP) is -2.53. The molecule has 0 bridgehead atoms. The number of rotatable bonds is 13. The van der Waals surface area contributed by atoms with Crippen molar-refractivity contribution in [3.05, 3.63) is 35.9 Å². The van der Waals surface area contributed by atoms with Crippen LogP contribution >= 0.6 is 0 Å². The van der Waals surface area contributed by atoms with Crippen LogP contribution in [-0.2, 0) is 35.2 Å². The first kappa shape index (κ1) is 27.0. The van der Waals surface area contributed by atoms with Crippen LogP contribution in [0.4, 0.5) is 0 Å². The summed E-state index contributed by atoms with van der Waals surface area (Å²) in [5.41, 5.74) is 11.3. The number of hydrogen-bond acceptors (Lipinski definition) is 7. The first-order valence-corrected chi connectivity index (χ1v) is 9.84. The Labute approximate surface area is 188 Å². The van der Waals surface area contributed by atoms with Gasteiger partial charge in [0.2, 0.25) is 23.6 Å². The number of nitrogens with one attached hydrogen (secondary N) is 3. The zero-order valence-corrected chi connectivity index (χ0v) is 17.8. The Balaban J connectivity index is 2.91. The monoisotopic (exact) mass is 465 g/mol. The van der Waals surface area contributed by atoms with E-state index in [-0.39, 0.29) is 6.42 Å². The molecule has 0 heterocycles. The Bertz CT molecular complexity index is 892. The van der Waals surface area contributed by atoms with Crippen molar-refractivity contribution >= 4 is 35.6 Å². The van der Waals surface area contributed by atoms with Crippen molar-refractivity contribution < 1.29 is 39.0 Å². The molecule has 4 unspecified atom stereocenters. The first-order valence-electron chi connectivity index (χ1n) is 9.84. The molecule has 0 radical (unpaired) electrons. The smallest absolute Gasteiger partial charge is 0.326 e. The third kappa shape index (κ3) is 9.78. The molecule has 4 atom stereocenters. The van der Waals surface area contributed by atoms with Gasteiger partial charge in [0, 0.05) is 6.42 Å². The minimum absolute atomic E-state index is 0.0206. The first-order chi connectivity index (χ1) is 15.4. The zero-order chi connectivity index (χ0) is 25.1. The lowest BCUT2D eigenvalue weighted by Crippen LogP contribution is -2.57. The number of carbonyl (C=O) groups excluding carboxylic acids is 4. The van der Waals surface area contributed by atoms with Gasteiger partial charge in [0.25, 0.3) is 0 Å². The second-order valence-corrected chi connectivity index (χ2v) is 7.26. The summed E-state index contributed by atoms with van der Waals surface area (Å²) in [5, 5.41) is 24.6. The lowest BCUT2D eigenvalue weighted by molar-refractivity contribution is -0.147. The van der Waals surface area contributed by atoms with Crippen LogP contribution in [0.25, 0.3) is 0 Å². The van der Waals surface area contributed by atoms with Gasteiger partial charge in [-0.1, -0.05) is 30.3 Å². The van der Waals surface area contributed by atoms with Gasteiger partial charge >= 0.3 is 11.9 Å². The van der Waals surface area contributed by atoms with Gasteiger partial charge in [-0.05, 0) is 12.5 Å². The van der Waals surface area contributed by atoms with Gasteiger partial charge in [0.1, 0.15) is 18.1 Å². The molecule has 13 nitrogen and oxygen atoms in total. The van der Waals surface area contributed by atoms with Crippen LogP contribution in [0, 0.1) is 0 Å². The number of benzene rings is 1. The van der Waals surface area contributed by atoms with Gasteiger partial charge in [-0.15, -0.1) is 0 Å². The molecule has 0 fully saturated rings. The lowest BCUT2D eigenvalue weighted by atomic mass is 10.0. The van der Waals surface area contributed by atoms with Crippen LogP contribution in [-0.4, -0.2) is 69.9 Å². The second-order valence-electron chi connectivity index (χ2n) is 7.26. The third-order valence-electron chi connectivity index (χ3n) is 4.42. The van der Waals surface area contributed by atoms with Gasteiger partial charge in [0.15, 0.2) is 0 Å². The molecule has 0 aliphatic heterocycles. The summed E-state index contributed by atoms with van der Waals surface area (Å²) in [7, 11) is 0. The van der Waals surface area contributed by atoms with Crippen molar-refractivity contribution in [3.8, 4) is 0 Å². The molecule has 0 aromatic heterocycles. The van der Waals surface area contributed by atoms with Gasteiger partial charge in [0.05, 0.1) is 18.9 Å². The Morgan fingerprint density at radius 2 is 1.42 bits per heavy atom. The van der Waals surface area contributed by atoms with Crippen LogP contribution in [0.5, 0.6) is 0 Å². The molecule has 9 N–H and O–H groups in total. The normalized spacial score (nSPS) is 14.1. The summed E-state index contributed by atoms with van der Waals surface area (Å²) < 4.78 is 0. The summed E-state index contributed by atoms with van der Waals surface area (Å²) >= 11 is 0. The molecule has 1 aromatic carbocycles. The lowest BCUT2D eigenvalue weighted by Gasteiger charge is -2.23. The van der Waals surface area contributed by atoms with E-state index < -0.39 is 72.6 Å². The third-order valence-corrected chi connectivity index (χ3v) is 4.42. The molecular formula is C20H27N5O8. The fraction of sp³-hybridized carbons (Fsp3) is 0.400. The molecule has 180 valence electrons. The highest BCUT2D eigenvalue weighted by molar-refractivity contribution is 5.95. The highest BCUT2D eigenvalue weighted by atomic mass is 16.4. The molecular weight excluding hydrogens is 438 g/mol. The van der Waals surface area contributed by atoms with E-state index in [0.717, 1.165) is 0 Å². The van der Waals surface area contributed by atoms with E-state index in [4.69, 9.17) is 21.7 Å². The average molecular weight is 465 g/mol. The molecule has 0 saturated heterocycles. The molecule has 0 spiro atoms. The van der Waals surface area contributed by atoms with Gasteiger partial charge in [-0.25, -0.2) is 4.79 Å². The van der Waals surface area contributed by atoms with Crippen molar-refractivity contribution in [2.45, 2.75) is 50.4 Å². The fourth-order valence-electron chi connectivity index (χ4n) is 2.70. The standard InChI is InChI=1S/C20H27N5O8/c1-10(17(29)25-14(20(32)33)9-16(27)28)23-19(31)13(7-11-5-3-2-4-6-11)24-18(30)12(21)8-15(22)26/h2-6,10,12-14H,7-9,21H2,1H3,(H2,22,26)(H,23,31)(H,24,30)(H,25,29)(H,27,28)(H,32,33).